The highest BCUT2D eigenvalue weighted by Gasteiger charge is 2.10. The van der Waals surface area contributed by atoms with Crippen molar-refractivity contribution in [1.82, 2.24) is 14.6 Å². The molecule has 4 nitrogen and oxygen atoms in total. The summed E-state index contributed by atoms with van der Waals surface area (Å²) < 4.78 is 28.3. The Bertz CT molecular complexity index is 793. The van der Waals surface area contributed by atoms with Crippen LogP contribution in [-0.2, 0) is 6.54 Å². The number of rotatable bonds is 3. The molecule has 2 heterocycles. The summed E-state index contributed by atoms with van der Waals surface area (Å²) in [6, 6.07) is 3.70. The fourth-order valence-corrected chi connectivity index (χ4v) is 2.29. The molecule has 108 valence electrons. The molecule has 0 saturated carbocycles. The number of aromatic nitrogens is 3. The maximum Gasteiger partial charge on any atom is 0.155 e. The third kappa shape index (κ3) is 2.80. The molecule has 0 aliphatic heterocycles. The second kappa shape index (κ2) is 5.29. The topological polar surface area (TPSA) is 42.2 Å². The van der Waals surface area contributed by atoms with Crippen LogP contribution in [0.3, 0.4) is 0 Å². The molecule has 0 unspecified atom stereocenters. The van der Waals surface area contributed by atoms with Gasteiger partial charge in [0.25, 0.3) is 0 Å². The first-order chi connectivity index (χ1) is 10.0. The maximum absolute atomic E-state index is 13.7. The lowest BCUT2D eigenvalue weighted by Crippen LogP contribution is -2.04. The van der Waals surface area contributed by atoms with Gasteiger partial charge in [-0.1, -0.05) is 11.6 Å². The summed E-state index contributed by atoms with van der Waals surface area (Å²) in [5.74, 6) is -1.44. The standard InChI is InChI=1S/C14H11ClF2N4/c1-8-2-13-18-5-9(7-21(13)20-8)6-19-14-11(15)3-10(16)4-12(14)17/h2-5,7,19H,6H2,1H3. The molecule has 0 atom stereocenters. The Morgan fingerprint density at radius 2 is 2.10 bits per heavy atom. The largest absolute Gasteiger partial charge is 0.377 e. The molecule has 0 aliphatic carbocycles. The molecule has 0 saturated heterocycles. The van der Waals surface area contributed by atoms with Crippen LogP contribution in [0.4, 0.5) is 14.5 Å². The lowest BCUT2D eigenvalue weighted by molar-refractivity contribution is 0.585. The van der Waals surface area contributed by atoms with E-state index in [-0.39, 0.29) is 10.7 Å². The van der Waals surface area contributed by atoms with E-state index >= 15 is 0 Å². The van der Waals surface area contributed by atoms with Crippen molar-refractivity contribution in [1.29, 1.82) is 0 Å². The first kappa shape index (κ1) is 13.8. The maximum atomic E-state index is 13.7. The van der Waals surface area contributed by atoms with Gasteiger partial charge in [-0.25, -0.2) is 18.3 Å². The van der Waals surface area contributed by atoms with E-state index in [9.17, 15) is 8.78 Å². The monoisotopic (exact) mass is 308 g/mol. The van der Waals surface area contributed by atoms with Gasteiger partial charge in [0.15, 0.2) is 11.5 Å². The van der Waals surface area contributed by atoms with Gasteiger partial charge in [0.2, 0.25) is 0 Å². The van der Waals surface area contributed by atoms with Gasteiger partial charge in [0.05, 0.1) is 16.4 Å². The number of halogens is 3. The molecule has 0 aliphatic rings. The molecule has 0 radical (unpaired) electrons. The van der Waals surface area contributed by atoms with E-state index in [1.54, 1.807) is 16.9 Å². The summed E-state index contributed by atoms with van der Waals surface area (Å²) >= 11 is 5.82. The van der Waals surface area contributed by atoms with Gasteiger partial charge in [-0.05, 0) is 13.0 Å². The van der Waals surface area contributed by atoms with Crippen molar-refractivity contribution in [3.63, 3.8) is 0 Å². The number of anilines is 1. The summed E-state index contributed by atoms with van der Waals surface area (Å²) in [5, 5.41) is 7.09. The molecule has 3 aromatic rings. The Kier molecular flexibility index (Phi) is 3.47. The van der Waals surface area contributed by atoms with Gasteiger partial charge in [-0.15, -0.1) is 0 Å². The van der Waals surface area contributed by atoms with Crippen molar-refractivity contribution in [3.05, 3.63) is 58.5 Å². The second-order valence-corrected chi connectivity index (χ2v) is 5.06. The third-order valence-corrected chi connectivity index (χ3v) is 3.26. The zero-order valence-electron chi connectivity index (χ0n) is 11.1. The van der Waals surface area contributed by atoms with Gasteiger partial charge < -0.3 is 5.32 Å². The minimum absolute atomic E-state index is 0.00327. The van der Waals surface area contributed by atoms with Gasteiger partial charge in [0, 0.05) is 36.6 Å². The van der Waals surface area contributed by atoms with Crippen molar-refractivity contribution in [2.45, 2.75) is 13.5 Å². The summed E-state index contributed by atoms with van der Waals surface area (Å²) in [6.07, 6.45) is 3.45. The molecular formula is C14H11ClF2N4. The Morgan fingerprint density at radius 3 is 2.86 bits per heavy atom. The van der Waals surface area contributed by atoms with Gasteiger partial charge in [-0.3, -0.25) is 0 Å². The summed E-state index contributed by atoms with van der Waals surface area (Å²) in [7, 11) is 0. The quantitative estimate of drug-likeness (QED) is 0.804. The van der Waals surface area contributed by atoms with Crippen LogP contribution in [0, 0.1) is 18.6 Å². The molecule has 2 aromatic heterocycles. The fourth-order valence-electron chi connectivity index (χ4n) is 2.03. The number of nitrogens with one attached hydrogen (secondary N) is 1. The van der Waals surface area contributed by atoms with Crippen molar-refractivity contribution < 1.29 is 8.78 Å². The lowest BCUT2D eigenvalue weighted by Gasteiger charge is -2.09. The van der Waals surface area contributed by atoms with E-state index in [2.05, 4.69) is 15.4 Å². The van der Waals surface area contributed by atoms with Crippen molar-refractivity contribution >= 4 is 22.9 Å². The summed E-state index contributed by atoms with van der Waals surface area (Å²) in [6.45, 7) is 2.17. The second-order valence-electron chi connectivity index (χ2n) is 4.65. The third-order valence-electron chi connectivity index (χ3n) is 2.97. The van der Waals surface area contributed by atoms with E-state index in [1.165, 1.54) is 0 Å². The zero-order chi connectivity index (χ0) is 15.0. The molecular weight excluding hydrogens is 298 g/mol. The van der Waals surface area contributed by atoms with Crippen LogP contribution in [0.15, 0.2) is 30.6 Å². The Balaban J connectivity index is 1.83. The average Bonchev–Trinajstić information content (AvgIpc) is 2.76. The minimum Gasteiger partial charge on any atom is -0.377 e. The zero-order valence-corrected chi connectivity index (χ0v) is 11.8. The first-order valence-electron chi connectivity index (χ1n) is 6.22. The number of benzene rings is 1. The van der Waals surface area contributed by atoms with Crippen LogP contribution < -0.4 is 5.32 Å². The number of nitrogens with zero attached hydrogens (tertiary/aromatic N) is 3. The van der Waals surface area contributed by atoms with Crippen LogP contribution in [0.5, 0.6) is 0 Å². The number of hydrogen-bond acceptors (Lipinski definition) is 3. The normalized spacial score (nSPS) is 11.0. The van der Waals surface area contributed by atoms with Crippen LogP contribution >= 0.6 is 11.6 Å². The lowest BCUT2D eigenvalue weighted by atomic mass is 10.2. The van der Waals surface area contributed by atoms with E-state index in [4.69, 9.17) is 11.6 Å². The van der Waals surface area contributed by atoms with Gasteiger partial charge >= 0.3 is 0 Å². The van der Waals surface area contributed by atoms with E-state index < -0.39 is 11.6 Å². The van der Waals surface area contributed by atoms with Gasteiger partial charge in [-0.2, -0.15) is 5.10 Å². The van der Waals surface area contributed by atoms with Crippen LogP contribution in [0.1, 0.15) is 11.3 Å². The predicted octanol–water partition coefficient (Wildman–Crippen LogP) is 3.58. The van der Waals surface area contributed by atoms with E-state index in [0.29, 0.717) is 6.54 Å². The van der Waals surface area contributed by atoms with Crippen molar-refractivity contribution in [3.8, 4) is 0 Å². The Morgan fingerprint density at radius 1 is 1.29 bits per heavy atom. The summed E-state index contributed by atoms with van der Waals surface area (Å²) in [4.78, 5) is 4.25. The first-order valence-corrected chi connectivity index (χ1v) is 6.60. The molecule has 21 heavy (non-hydrogen) atoms. The molecule has 1 N–H and O–H groups in total. The highest BCUT2D eigenvalue weighted by molar-refractivity contribution is 6.33. The van der Waals surface area contributed by atoms with Gasteiger partial charge in [0.1, 0.15) is 5.82 Å². The van der Waals surface area contributed by atoms with E-state index in [1.807, 2.05) is 13.0 Å². The van der Waals surface area contributed by atoms with Crippen LogP contribution in [-0.4, -0.2) is 14.6 Å². The Hall–Kier alpha value is -2.21. The summed E-state index contributed by atoms with van der Waals surface area (Å²) in [5.41, 5.74) is 2.46. The molecule has 3 rings (SSSR count). The molecule has 1 aromatic carbocycles. The van der Waals surface area contributed by atoms with Crippen LogP contribution in [0.25, 0.3) is 5.65 Å². The number of aryl methyl sites for hydroxylation is 1. The molecule has 0 bridgehead atoms. The van der Waals surface area contributed by atoms with Crippen LogP contribution in [0.2, 0.25) is 5.02 Å². The highest BCUT2D eigenvalue weighted by atomic mass is 35.5. The average molecular weight is 309 g/mol. The smallest absolute Gasteiger partial charge is 0.155 e. The number of fused-ring (bicyclic) bond motifs is 1. The van der Waals surface area contributed by atoms with Crippen molar-refractivity contribution in [2.24, 2.45) is 0 Å². The predicted molar refractivity (Wildman–Crippen MR) is 76.4 cm³/mol. The molecule has 0 fully saturated rings. The van der Waals surface area contributed by atoms with Crippen molar-refractivity contribution in [2.75, 3.05) is 5.32 Å². The Labute approximate surface area is 124 Å². The molecule has 0 spiro atoms. The van der Waals surface area contributed by atoms with E-state index in [0.717, 1.165) is 29.0 Å². The fraction of sp³-hybridized carbons (Fsp3) is 0.143. The molecule has 0 amide bonds. The highest BCUT2D eigenvalue weighted by Crippen LogP contribution is 2.26. The molecule has 7 heteroatoms. The number of hydrogen-bond donors (Lipinski definition) is 1. The SMILES string of the molecule is Cc1cc2ncc(CNc3c(F)cc(F)cc3Cl)cn2n1. The minimum atomic E-state index is -0.732.